The first-order chi connectivity index (χ1) is 16.7. The SMILES string of the molecule is CC(=O)N1CCN(C(=O)c2cc3c(=NCc4cccc(C(F)F)c4F)nc(C)n(C)c3cn2)CC1. The molecule has 3 heterocycles. The van der Waals surface area contributed by atoms with E-state index in [0.717, 1.165) is 6.07 Å². The molecule has 1 aromatic carbocycles. The molecule has 1 fully saturated rings. The Bertz CT molecular complexity index is 1360. The Hall–Kier alpha value is -3.76. The van der Waals surface area contributed by atoms with Crippen molar-refractivity contribution >= 4 is 22.7 Å². The van der Waals surface area contributed by atoms with Gasteiger partial charge in [-0.05, 0) is 13.0 Å². The third-order valence-electron chi connectivity index (χ3n) is 6.21. The standard InChI is InChI=1S/C24H25F3N6O2/c1-14-30-23(29-12-16-5-4-6-17(21(16)25)22(26)27)18-11-19(28-13-20(18)31(14)3)24(35)33-9-7-32(8-10-33)15(2)34/h4-6,11,13,22H,7-10,12H2,1-3H3. The zero-order valence-electron chi connectivity index (χ0n) is 19.6. The molecule has 0 unspecified atom stereocenters. The molecule has 1 saturated heterocycles. The van der Waals surface area contributed by atoms with Crippen LogP contribution in [-0.2, 0) is 18.4 Å². The van der Waals surface area contributed by atoms with Gasteiger partial charge in [-0.3, -0.25) is 14.6 Å². The maximum Gasteiger partial charge on any atom is 0.272 e. The number of hydrogen-bond donors (Lipinski definition) is 0. The first-order valence-electron chi connectivity index (χ1n) is 11.1. The first-order valence-corrected chi connectivity index (χ1v) is 11.1. The summed E-state index contributed by atoms with van der Waals surface area (Å²) >= 11 is 0. The molecule has 2 aromatic heterocycles. The van der Waals surface area contributed by atoms with E-state index in [4.69, 9.17) is 0 Å². The Morgan fingerprint density at radius 1 is 1.14 bits per heavy atom. The molecule has 4 rings (SSSR count). The van der Waals surface area contributed by atoms with Gasteiger partial charge in [-0.15, -0.1) is 0 Å². The fourth-order valence-electron chi connectivity index (χ4n) is 4.03. The Morgan fingerprint density at radius 2 is 1.83 bits per heavy atom. The van der Waals surface area contributed by atoms with Gasteiger partial charge in [-0.2, -0.15) is 0 Å². The lowest BCUT2D eigenvalue weighted by molar-refractivity contribution is -0.130. The largest absolute Gasteiger partial charge is 0.339 e. The molecule has 1 aliphatic heterocycles. The van der Waals surface area contributed by atoms with Gasteiger partial charge in [0.15, 0.2) is 5.49 Å². The quantitative estimate of drug-likeness (QED) is 0.568. The summed E-state index contributed by atoms with van der Waals surface area (Å²) in [7, 11) is 1.80. The highest BCUT2D eigenvalue weighted by atomic mass is 19.3. The number of aromatic nitrogens is 3. The van der Waals surface area contributed by atoms with E-state index in [9.17, 15) is 22.8 Å². The lowest BCUT2D eigenvalue weighted by Crippen LogP contribution is -2.50. The van der Waals surface area contributed by atoms with Crippen LogP contribution in [0.25, 0.3) is 10.9 Å². The summed E-state index contributed by atoms with van der Waals surface area (Å²) in [6.45, 7) is 4.77. The number of pyridine rings is 1. The minimum atomic E-state index is -2.93. The van der Waals surface area contributed by atoms with Crippen molar-refractivity contribution in [1.82, 2.24) is 24.3 Å². The summed E-state index contributed by atoms with van der Waals surface area (Å²) in [5.74, 6) is -0.688. The number of carbonyl (C=O) groups is 2. The van der Waals surface area contributed by atoms with Crippen molar-refractivity contribution in [1.29, 1.82) is 0 Å². The molecule has 184 valence electrons. The van der Waals surface area contributed by atoms with E-state index in [-0.39, 0.29) is 35.1 Å². The van der Waals surface area contributed by atoms with Crippen LogP contribution in [0.15, 0.2) is 35.5 Å². The van der Waals surface area contributed by atoms with Crippen LogP contribution in [-0.4, -0.2) is 62.3 Å². The number of hydrogen-bond acceptors (Lipinski definition) is 5. The molecule has 2 amide bonds. The Morgan fingerprint density at radius 3 is 2.49 bits per heavy atom. The fraction of sp³-hybridized carbons (Fsp3) is 0.375. The van der Waals surface area contributed by atoms with Gasteiger partial charge in [0.05, 0.1) is 23.8 Å². The average molecular weight is 486 g/mol. The normalized spacial score (nSPS) is 14.8. The number of benzene rings is 1. The summed E-state index contributed by atoms with van der Waals surface area (Å²) < 4.78 is 42.4. The minimum Gasteiger partial charge on any atom is -0.339 e. The summed E-state index contributed by atoms with van der Waals surface area (Å²) in [5.41, 5.74) is 0.471. The van der Waals surface area contributed by atoms with Crippen LogP contribution in [0, 0.1) is 12.7 Å². The Kier molecular flexibility index (Phi) is 6.86. The van der Waals surface area contributed by atoms with Crippen LogP contribution in [0.4, 0.5) is 13.2 Å². The molecule has 0 bridgehead atoms. The van der Waals surface area contributed by atoms with Crippen molar-refractivity contribution in [3.05, 3.63) is 64.4 Å². The number of rotatable bonds is 4. The van der Waals surface area contributed by atoms with E-state index in [1.54, 1.807) is 40.6 Å². The van der Waals surface area contributed by atoms with E-state index in [2.05, 4.69) is 15.0 Å². The second-order valence-corrected chi connectivity index (χ2v) is 8.36. The second kappa shape index (κ2) is 9.85. The molecule has 0 radical (unpaired) electrons. The van der Waals surface area contributed by atoms with Crippen LogP contribution in [0.3, 0.4) is 0 Å². The predicted octanol–water partition coefficient (Wildman–Crippen LogP) is 2.76. The fourth-order valence-corrected chi connectivity index (χ4v) is 4.03. The van der Waals surface area contributed by atoms with Crippen molar-refractivity contribution in [2.45, 2.75) is 26.8 Å². The Labute approximate surface area is 199 Å². The number of carbonyl (C=O) groups excluding carboxylic acids is 2. The molecule has 35 heavy (non-hydrogen) atoms. The lowest BCUT2D eigenvalue weighted by atomic mass is 10.1. The zero-order valence-corrected chi connectivity index (χ0v) is 19.6. The average Bonchev–Trinajstić information content (AvgIpc) is 2.85. The van der Waals surface area contributed by atoms with Crippen molar-refractivity contribution < 1.29 is 22.8 Å². The summed E-state index contributed by atoms with van der Waals surface area (Å²) in [6, 6.07) is 5.40. The Balaban J connectivity index is 1.70. The van der Waals surface area contributed by atoms with Crippen molar-refractivity contribution in [2.75, 3.05) is 26.2 Å². The van der Waals surface area contributed by atoms with Gasteiger partial charge in [0, 0.05) is 51.1 Å². The van der Waals surface area contributed by atoms with E-state index < -0.39 is 17.8 Å². The molecule has 3 aromatic rings. The number of aryl methyl sites for hydroxylation is 2. The van der Waals surface area contributed by atoms with Crippen LogP contribution in [0.1, 0.15) is 40.8 Å². The molecule has 11 heteroatoms. The van der Waals surface area contributed by atoms with E-state index in [1.165, 1.54) is 19.1 Å². The highest BCUT2D eigenvalue weighted by Crippen LogP contribution is 2.24. The lowest BCUT2D eigenvalue weighted by Gasteiger charge is -2.34. The van der Waals surface area contributed by atoms with Gasteiger partial charge in [0.25, 0.3) is 12.3 Å². The highest BCUT2D eigenvalue weighted by molar-refractivity contribution is 5.95. The number of alkyl halides is 2. The zero-order chi connectivity index (χ0) is 25.3. The van der Waals surface area contributed by atoms with Crippen LogP contribution in [0.5, 0.6) is 0 Å². The number of halogens is 3. The molecule has 0 aliphatic carbocycles. The van der Waals surface area contributed by atoms with E-state index >= 15 is 0 Å². The van der Waals surface area contributed by atoms with Crippen molar-refractivity contribution in [3.63, 3.8) is 0 Å². The number of fused-ring (bicyclic) bond motifs is 1. The van der Waals surface area contributed by atoms with Crippen LogP contribution in [0.2, 0.25) is 0 Å². The number of nitrogens with zero attached hydrogens (tertiary/aromatic N) is 6. The van der Waals surface area contributed by atoms with Gasteiger partial charge >= 0.3 is 0 Å². The molecular weight excluding hydrogens is 461 g/mol. The topological polar surface area (TPSA) is 83.7 Å². The molecule has 0 N–H and O–H groups in total. The molecule has 8 nitrogen and oxygen atoms in total. The van der Waals surface area contributed by atoms with Crippen molar-refractivity contribution in [2.24, 2.45) is 12.0 Å². The molecule has 0 saturated carbocycles. The van der Waals surface area contributed by atoms with Crippen LogP contribution >= 0.6 is 0 Å². The second-order valence-electron chi connectivity index (χ2n) is 8.36. The number of amides is 2. The van der Waals surface area contributed by atoms with Gasteiger partial charge in [0.2, 0.25) is 5.91 Å². The summed E-state index contributed by atoms with van der Waals surface area (Å²) in [5, 5.41) is 0.532. The van der Waals surface area contributed by atoms with E-state index in [0.29, 0.717) is 42.9 Å². The first kappa shape index (κ1) is 24.4. The van der Waals surface area contributed by atoms with Crippen molar-refractivity contribution in [3.8, 4) is 0 Å². The molecular formula is C24H25F3N6O2. The predicted molar refractivity (Wildman–Crippen MR) is 122 cm³/mol. The van der Waals surface area contributed by atoms with Gasteiger partial charge in [-0.25, -0.2) is 23.1 Å². The van der Waals surface area contributed by atoms with E-state index in [1.807, 2.05) is 0 Å². The molecule has 0 atom stereocenters. The minimum absolute atomic E-state index is 0.0253. The number of piperazine rings is 1. The molecule has 0 spiro atoms. The smallest absolute Gasteiger partial charge is 0.272 e. The van der Waals surface area contributed by atoms with Gasteiger partial charge in [0.1, 0.15) is 17.3 Å². The van der Waals surface area contributed by atoms with Crippen LogP contribution < -0.4 is 5.49 Å². The summed E-state index contributed by atoms with van der Waals surface area (Å²) in [4.78, 5) is 41.2. The highest BCUT2D eigenvalue weighted by Gasteiger charge is 2.24. The monoisotopic (exact) mass is 486 g/mol. The third-order valence-corrected chi connectivity index (χ3v) is 6.21. The summed E-state index contributed by atoms with van der Waals surface area (Å²) in [6.07, 6.45) is -1.37. The van der Waals surface area contributed by atoms with Gasteiger partial charge < -0.3 is 14.4 Å². The third kappa shape index (κ3) is 4.89. The molecule has 1 aliphatic rings. The maximum atomic E-state index is 14.5. The van der Waals surface area contributed by atoms with Gasteiger partial charge in [-0.1, -0.05) is 18.2 Å². The maximum absolute atomic E-state index is 14.5.